The van der Waals surface area contributed by atoms with Crippen molar-refractivity contribution in [2.24, 2.45) is 0 Å². The monoisotopic (exact) mass is 242 g/mol. The second-order valence-corrected chi connectivity index (χ2v) is 4.23. The van der Waals surface area contributed by atoms with Gasteiger partial charge in [0.05, 0.1) is 11.4 Å². The number of pyridine rings is 1. The maximum Gasteiger partial charge on any atom is 0.133 e. The number of nitrogens with zero attached hydrogens (tertiary/aromatic N) is 3. The molecule has 0 unspecified atom stereocenters. The average Bonchev–Trinajstić information content (AvgIpc) is 2.40. The van der Waals surface area contributed by atoms with E-state index < -0.39 is 0 Å². The van der Waals surface area contributed by atoms with E-state index in [2.05, 4.69) is 27.2 Å². The van der Waals surface area contributed by atoms with E-state index >= 15 is 0 Å². The van der Waals surface area contributed by atoms with Gasteiger partial charge < -0.3 is 5.32 Å². The van der Waals surface area contributed by atoms with Gasteiger partial charge >= 0.3 is 0 Å². The molecule has 0 bridgehead atoms. The molecule has 0 aliphatic rings. The molecule has 2 aromatic heterocycles. The summed E-state index contributed by atoms with van der Waals surface area (Å²) in [6.45, 7) is 6.99. The molecule has 0 amide bonds. The Morgan fingerprint density at radius 2 is 2.00 bits per heavy atom. The Kier molecular flexibility index (Phi) is 3.87. The second-order valence-electron chi connectivity index (χ2n) is 4.23. The van der Waals surface area contributed by atoms with Gasteiger partial charge in [-0.2, -0.15) is 0 Å². The summed E-state index contributed by atoms with van der Waals surface area (Å²) in [7, 11) is 0. The van der Waals surface area contributed by atoms with Crippen molar-refractivity contribution in [2.75, 3.05) is 11.9 Å². The summed E-state index contributed by atoms with van der Waals surface area (Å²) < 4.78 is 0. The van der Waals surface area contributed by atoms with Crippen LogP contribution in [0.15, 0.2) is 24.4 Å². The first-order valence-electron chi connectivity index (χ1n) is 6.23. The molecule has 1 N–H and O–H groups in total. The summed E-state index contributed by atoms with van der Waals surface area (Å²) in [4.78, 5) is 13.3. The zero-order valence-electron chi connectivity index (χ0n) is 11.1. The molecule has 0 aromatic carbocycles. The molecule has 0 fully saturated rings. The Morgan fingerprint density at radius 3 is 2.67 bits per heavy atom. The Bertz CT molecular complexity index is 523. The largest absolute Gasteiger partial charge is 0.370 e. The molecule has 0 spiro atoms. The summed E-state index contributed by atoms with van der Waals surface area (Å²) in [5, 5.41) is 3.33. The molecule has 0 saturated carbocycles. The number of anilines is 1. The zero-order chi connectivity index (χ0) is 13.0. The van der Waals surface area contributed by atoms with Crippen molar-refractivity contribution in [1.29, 1.82) is 0 Å². The van der Waals surface area contributed by atoms with Gasteiger partial charge in [-0.1, -0.05) is 13.0 Å². The Labute approximate surface area is 108 Å². The van der Waals surface area contributed by atoms with E-state index in [1.54, 1.807) is 6.20 Å². The summed E-state index contributed by atoms with van der Waals surface area (Å²) >= 11 is 0. The fourth-order valence-corrected chi connectivity index (χ4v) is 1.80. The third-order valence-corrected chi connectivity index (χ3v) is 2.71. The van der Waals surface area contributed by atoms with Gasteiger partial charge in [0.1, 0.15) is 11.6 Å². The van der Waals surface area contributed by atoms with Gasteiger partial charge in [-0.05, 0) is 32.4 Å². The SMILES string of the molecule is CCCNc1nc(C)nc(-c2ccccn2)c1C. The quantitative estimate of drug-likeness (QED) is 0.895. The number of hydrogen-bond donors (Lipinski definition) is 1. The standard InChI is InChI=1S/C14H18N4/c1-4-8-16-14-10(2)13(17-11(3)18-14)12-7-5-6-9-15-12/h5-7,9H,4,8H2,1-3H3,(H,16,17,18). The topological polar surface area (TPSA) is 50.7 Å². The molecule has 0 radical (unpaired) electrons. The van der Waals surface area contributed by atoms with Crippen molar-refractivity contribution in [3.8, 4) is 11.4 Å². The first-order chi connectivity index (χ1) is 8.72. The molecule has 2 rings (SSSR count). The van der Waals surface area contributed by atoms with Crippen molar-refractivity contribution in [1.82, 2.24) is 15.0 Å². The molecule has 2 heterocycles. The molecule has 4 heteroatoms. The Morgan fingerprint density at radius 1 is 1.17 bits per heavy atom. The van der Waals surface area contributed by atoms with E-state index in [4.69, 9.17) is 0 Å². The summed E-state index contributed by atoms with van der Waals surface area (Å²) in [5.41, 5.74) is 2.84. The molecule has 2 aromatic rings. The first kappa shape index (κ1) is 12.5. The first-order valence-corrected chi connectivity index (χ1v) is 6.23. The minimum absolute atomic E-state index is 0.764. The maximum atomic E-state index is 4.50. The number of hydrogen-bond acceptors (Lipinski definition) is 4. The van der Waals surface area contributed by atoms with Crippen molar-refractivity contribution in [3.63, 3.8) is 0 Å². The van der Waals surface area contributed by atoms with Crippen LogP contribution >= 0.6 is 0 Å². The normalized spacial score (nSPS) is 10.4. The van der Waals surface area contributed by atoms with Gasteiger partial charge in [-0.25, -0.2) is 9.97 Å². The van der Waals surface area contributed by atoms with Crippen LogP contribution in [0.2, 0.25) is 0 Å². The van der Waals surface area contributed by atoms with Crippen LogP contribution in [0.3, 0.4) is 0 Å². The third-order valence-electron chi connectivity index (χ3n) is 2.71. The van der Waals surface area contributed by atoms with Crippen LogP contribution in [-0.2, 0) is 0 Å². The fourth-order valence-electron chi connectivity index (χ4n) is 1.80. The van der Waals surface area contributed by atoms with Crippen LogP contribution in [0.1, 0.15) is 24.7 Å². The highest BCUT2D eigenvalue weighted by atomic mass is 15.0. The van der Waals surface area contributed by atoms with Gasteiger partial charge in [-0.3, -0.25) is 4.98 Å². The minimum atomic E-state index is 0.764. The van der Waals surface area contributed by atoms with Crippen molar-refractivity contribution < 1.29 is 0 Å². The lowest BCUT2D eigenvalue weighted by molar-refractivity contribution is 0.946. The summed E-state index contributed by atoms with van der Waals surface area (Å²) in [6.07, 6.45) is 2.85. The van der Waals surface area contributed by atoms with Crippen LogP contribution < -0.4 is 5.32 Å². The lowest BCUT2D eigenvalue weighted by atomic mass is 10.1. The molecule has 18 heavy (non-hydrogen) atoms. The van der Waals surface area contributed by atoms with Gasteiger partial charge in [0.15, 0.2) is 0 Å². The van der Waals surface area contributed by atoms with Crippen LogP contribution in [-0.4, -0.2) is 21.5 Å². The molecule has 0 aliphatic carbocycles. The Balaban J connectivity index is 2.45. The fraction of sp³-hybridized carbons (Fsp3) is 0.357. The van der Waals surface area contributed by atoms with Gasteiger partial charge in [-0.15, -0.1) is 0 Å². The van der Waals surface area contributed by atoms with Crippen LogP contribution in [0.5, 0.6) is 0 Å². The van der Waals surface area contributed by atoms with Crippen LogP contribution in [0.4, 0.5) is 5.82 Å². The summed E-state index contributed by atoms with van der Waals surface area (Å²) in [6, 6.07) is 5.85. The molecular formula is C14H18N4. The average molecular weight is 242 g/mol. The molecule has 0 aliphatic heterocycles. The lowest BCUT2D eigenvalue weighted by Gasteiger charge is -2.12. The van der Waals surface area contributed by atoms with E-state index in [0.717, 1.165) is 41.6 Å². The van der Waals surface area contributed by atoms with Gasteiger partial charge in [0.25, 0.3) is 0 Å². The number of nitrogens with one attached hydrogen (secondary N) is 1. The highest BCUT2D eigenvalue weighted by molar-refractivity contribution is 5.65. The molecular weight excluding hydrogens is 224 g/mol. The van der Waals surface area contributed by atoms with Gasteiger partial charge in [0.2, 0.25) is 0 Å². The van der Waals surface area contributed by atoms with E-state index in [1.807, 2.05) is 32.0 Å². The number of aryl methyl sites for hydroxylation is 1. The van der Waals surface area contributed by atoms with E-state index in [-0.39, 0.29) is 0 Å². The highest BCUT2D eigenvalue weighted by Gasteiger charge is 2.11. The van der Waals surface area contributed by atoms with E-state index in [0.29, 0.717) is 0 Å². The molecule has 94 valence electrons. The minimum Gasteiger partial charge on any atom is -0.370 e. The number of rotatable bonds is 4. The van der Waals surface area contributed by atoms with Crippen LogP contribution in [0, 0.1) is 13.8 Å². The van der Waals surface area contributed by atoms with Crippen molar-refractivity contribution >= 4 is 5.82 Å². The van der Waals surface area contributed by atoms with Crippen LogP contribution in [0.25, 0.3) is 11.4 Å². The predicted molar refractivity (Wildman–Crippen MR) is 73.5 cm³/mol. The third kappa shape index (κ3) is 2.64. The van der Waals surface area contributed by atoms with Crippen molar-refractivity contribution in [2.45, 2.75) is 27.2 Å². The number of aromatic nitrogens is 3. The maximum absolute atomic E-state index is 4.50. The van der Waals surface area contributed by atoms with E-state index in [9.17, 15) is 0 Å². The highest BCUT2D eigenvalue weighted by Crippen LogP contribution is 2.23. The van der Waals surface area contributed by atoms with E-state index in [1.165, 1.54) is 0 Å². The second kappa shape index (κ2) is 5.58. The molecule has 0 saturated heterocycles. The molecule has 0 atom stereocenters. The Hall–Kier alpha value is -1.97. The zero-order valence-corrected chi connectivity index (χ0v) is 11.1. The smallest absolute Gasteiger partial charge is 0.133 e. The molecule has 4 nitrogen and oxygen atoms in total. The summed E-state index contributed by atoms with van der Waals surface area (Å²) in [5.74, 6) is 1.67. The predicted octanol–water partition coefficient (Wildman–Crippen LogP) is 2.98. The van der Waals surface area contributed by atoms with Crippen molar-refractivity contribution in [3.05, 3.63) is 35.8 Å². The lowest BCUT2D eigenvalue weighted by Crippen LogP contribution is -2.07. The van der Waals surface area contributed by atoms with Gasteiger partial charge in [0, 0.05) is 18.3 Å².